The van der Waals surface area contributed by atoms with E-state index < -0.39 is 11.7 Å². The number of halogens is 3. The quantitative estimate of drug-likeness (QED) is 0.536. The molecule has 0 unspecified atom stereocenters. The van der Waals surface area contributed by atoms with Crippen molar-refractivity contribution in [3.8, 4) is 0 Å². The maximum atomic E-state index is 12.9. The van der Waals surface area contributed by atoms with Crippen LogP contribution in [0, 0.1) is 5.92 Å². The van der Waals surface area contributed by atoms with Crippen molar-refractivity contribution in [2.24, 2.45) is 5.92 Å². The second kappa shape index (κ2) is 10.2. The number of piperidine rings is 1. The fourth-order valence-electron chi connectivity index (χ4n) is 3.78. The molecule has 2 aromatic carbocycles. The predicted octanol–water partition coefficient (Wildman–Crippen LogP) is 5.18. The molecule has 2 heterocycles. The van der Waals surface area contributed by atoms with Gasteiger partial charge in [-0.15, -0.1) is 0 Å². The highest BCUT2D eigenvalue weighted by Crippen LogP contribution is 2.34. The van der Waals surface area contributed by atoms with E-state index in [2.05, 4.69) is 20.2 Å². The van der Waals surface area contributed by atoms with Gasteiger partial charge in [0.05, 0.1) is 11.5 Å². The molecular formula is C24H23F3N4OS. The molecule has 0 bridgehead atoms. The summed E-state index contributed by atoms with van der Waals surface area (Å²) in [7, 11) is 0. The average Bonchev–Trinajstić information content (AvgIpc) is 2.83. The minimum atomic E-state index is -4.41. The second-order valence-electron chi connectivity index (χ2n) is 7.80. The first-order valence-electron chi connectivity index (χ1n) is 10.6. The monoisotopic (exact) mass is 472 g/mol. The number of carbonyl (C=O) groups is 1. The second-order valence-corrected chi connectivity index (χ2v) is 8.86. The zero-order valence-corrected chi connectivity index (χ0v) is 18.6. The molecule has 1 aromatic heterocycles. The number of anilines is 1. The van der Waals surface area contributed by atoms with Gasteiger partial charge in [0, 0.05) is 36.9 Å². The molecule has 9 heteroatoms. The first-order valence-corrected chi connectivity index (χ1v) is 11.4. The molecule has 0 spiro atoms. The third kappa shape index (κ3) is 6.04. The molecule has 0 aliphatic carbocycles. The standard InChI is InChI=1S/C24H23F3N4OS/c25-24(26,27)19-8-4-6-17(14-19)15-30-22(32)18-7-5-13-31(16-18)21-23(29-12-11-28-21)33-20-9-2-1-3-10-20/h1-4,6,8-12,14,18H,5,7,13,15-16H2,(H,30,32)/t18-/m1/s1. The minimum absolute atomic E-state index is 0.0551. The molecule has 0 radical (unpaired) electrons. The smallest absolute Gasteiger partial charge is 0.354 e. The van der Waals surface area contributed by atoms with Gasteiger partial charge in [0.2, 0.25) is 5.91 Å². The number of carbonyl (C=O) groups excluding carboxylic acids is 1. The van der Waals surface area contributed by atoms with Gasteiger partial charge in [-0.05, 0) is 42.7 Å². The number of benzene rings is 2. The molecular weight excluding hydrogens is 449 g/mol. The van der Waals surface area contributed by atoms with E-state index in [0.717, 1.165) is 40.8 Å². The summed E-state index contributed by atoms with van der Waals surface area (Å²) in [6.45, 7) is 1.30. The van der Waals surface area contributed by atoms with E-state index in [0.29, 0.717) is 18.5 Å². The van der Waals surface area contributed by atoms with Gasteiger partial charge in [-0.1, -0.05) is 42.1 Å². The van der Waals surface area contributed by atoms with Crippen molar-refractivity contribution in [1.82, 2.24) is 15.3 Å². The predicted molar refractivity (Wildman–Crippen MR) is 121 cm³/mol. The molecule has 1 atom stereocenters. The molecule has 0 saturated carbocycles. The molecule has 1 amide bonds. The highest BCUT2D eigenvalue weighted by molar-refractivity contribution is 7.99. The summed E-state index contributed by atoms with van der Waals surface area (Å²) in [5.41, 5.74) is -0.300. The third-order valence-corrected chi connectivity index (χ3v) is 6.41. The van der Waals surface area contributed by atoms with Crippen molar-refractivity contribution >= 4 is 23.5 Å². The summed E-state index contributed by atoms with van der Waals surface area (Å²) >= 11 is 1.52. The minimum Gasteiger partial charge on any atom is -0.354 e. The Morgan fingerprint density at radius 1 is 1.09 bits per heavy atom. The average molecular weight is 473 g/mol. The van der Waals surface area contributed by atoms with Crippen molar-refractivity contribution in [2.45, 2.75) is 35.5 Å². The molecule has 172 valence electrons. The number of hydrogen-bond acceptors (Lipinski definition) is 5. The lowest BCUT2D eigenvalue weighted by molar-refractivity contribution is -0.137. The summed E-state index contributed by atoms with van der Waals surface area (Å²) < 4.78 is 38.8. The van der Waals surface area contributed by atoms with Crippen LogP contribution in [0.5, 0.6) is 0 Å². The molecule has 1 fully saturated rings. The lowest BCUT2D eigenvalue weighted by atomic mass is 9.97. The van der Waals surface area contributed by atoms with E-state index >= 15 is 0 Å². The van der Waals surface area contributed by atoms with Gasteiger partial charge in [0.15, 0.2) is 5.82 Å². The lowest BCUT2D eigenvalue weighted by Crippen LogP contribution is -2.43. The normalized spacial score (nSPS) is 16.5. The Morgan fingerprint density at radius 2 is 1.88 bits per heavy atom. The molecule has 3 aromatic rings. The summed E-state index contributed by atoms with van der Waals surface area (Å²) in [6, 6.07) is 14.9. The highest BCUT2D eigenvalue weighted by Gasteiger charge is 2.31. The van der Waals surface area contributed by atoms with Gasteiger partial charge < -0.3 is 10.2 Å². The Kier molecular flexibility index (Phi) is 7.17. The summed E-state index contributed by atoms with van der Waals surface area (Å²) in [6.07, 6.45) is 0.412. The van der Waals surface area contributed by atoms with Crippen LogP contribution in [-0.4, -0.2) is 29.0 Å². The van der Waals surface area contributed by atoms with Crippen LogP contribution in [0.15, 0.2) is 76.9 Å². The van der Waals surface area contributed by atoms with Crippen molar-refractivity contribution in [3.63, 3.8) is 0 Å². The molecule has 33 heavy (non-hydrogen) atoms. The Balaban J connectivity index is 1.40. The van der Waals surface area contributed by atoms with E-state index in [1.165, 1.54) is 17.8 Å². The molecule has 4 rings (SSSR count). The van der Waals surface area contributed by atoms with Gasteiger partial charge in [-0.3, -0.25) is 4.79 Å². The van der Waals surface area contributed by atoms with Crippen LogP contribution in [0.3, 0.4) is 0 Å². The zero-order valence-electron chi connectivity index (χ0n) is 17.8. The molecule has 1 N–H and O–H groups in total. The SMILES string of the molecule is O=C(NCc1cccc(C(F)(F)F)c1)[C@@H]1CCCN(c2nccnc2Sc2ccccc2)C1. The van der Waals surface area contributed by atoms with Gasteiger partial charge >= 0.3 is 6.18 Å². The van der Waals surface area contributed by atoms with E-state index in [4.69, 9.17) is 0 Å². The van der Waals surface area contributed by atoms with Gasteiger partial charge in [-0.25, -0.2) is 9.97 Å². The fraction of sp³-hybridized carbons (Fsp3) is 0.292. The number of aromatic nitrogens is 2. The molecule has 1 saturated heterocycles. The number of hydrogen-bond donors (Lipinski definition) is 1. The van der Waals surface area contributed by atoms with E-state index in [1.807, 2.05) is 30.3 Å². The summed E-state index contributed by atoms with van der Waals surface area (Å²) in [5.74, 6) is 0.293. The van der Waals surface area contributed by atoms with Crippen LogP contribution in [0.2, 0.25) is 0 Å². The number of rotatable bonds is 6. The Bertz CT molecular complexity index is 1090. The number of alkyl halides is 3. The Morgan fingerprint density at radius 3 is 2.67 bits per heavy atom. The van der Waals surface area contributed by atoms with Crippen molar-refractivity contribution in [2.75, 3.05) is 18.0 Å². The highest BCUT2D eigenvalue weighted by atomic mass is 32.2. The van der Waals surface area contributed by atoms with Crippen LogP contribution >= 0.6 is 11.8 Å². The number of amides is 1. The molecule has 1 aliphatic heterocycles. The first-order chi connectivity index (χ1) is 15.9. The van der Waals surface area contributed by atoms with Crippen LogP contribution in [0.1, 0.15) is 24.0 Å². The first kappa shape index (κ1) is 23.1. The van der Waals surface area contributed by atoms with Gasteiger partial charge in [-0.2, -0.15) is 13.2 Å². The zero-order chi connectivity index (χ0) is 23.3. The van der Waals surface area contributed by atoms with Crippen molar-refractivity contribution < 1.29 is 18.0 Å². The fourth-order valence-corrected chi connectivity index (χ4v) is 4.68. The van der Waals surface area contributed by atoms with Crippen LogP contribution in [0.4, 0.5) is 19.0 Å². The van der Waals surface area contributed by atoms with Gasteiger partial charge in [0.1, 0.15) is 5.03 Å². The molecule has 1 aliphatic rings. The topological polar surface area (TPSA) is 58.1 Å². The van der Waals surface area contributed by atoms with Crippen LogP contribution < -0.4 is 10.2 Å². The van der Waals surface area contributed by atoms with Crippen LogP contribution in [-0.2, 0) is 17.5 Å². The van der Waals surface area contributed by atoms with E-state index in [9.17, 15) is 18.0 Å². The number of nitrogens with one attached hydrogen (secondary N) is 1. The number of nitrogens with zero attached hydrogens (tertiary/aromatic N) is 3. The van der Waals surface area contributed by atoms with Gasteiger partial charge in [0.25, 0.3) is 0 Å². The van der Waals surface area contributed by atoms with Crippen molar-refractivity contribution in [1.29, 1.82) is 0 Å². The molecule has 5 nitrogen and oxygen atoms in total. The summed E-state index contributed by atoms with van der Waals surface area (Å²) in [5, 5.41) is 3.57. The van der Waals surface area contributed by atoms with Crippen LogP contribution in [0.25, 0.3) is 0 Å². The Labute approximate surface area is 194 Å². The van der Waals surface area contributed by atoms with Crippen molar-refractivity contribution in [3.05, 3.63) is 78.1 Å². The maximum Gasteiger partial charge on any atom is 0.416 e. The largest absolute Gasteiger partial charge is 0.416 e. The maximum absolute atomic E-state index is 12.9. The van der Waals surface area contributed by atoms with E-state index in [-0.39, 0.29) is 18.4 Å². The summed E-state index contributed by atoms with van der Waals surface area (Å²) in [4.78, 5) is 24.9. The third-order valence-electron chi connectivity index (χ3n) is 5.42. The Hall–Kier alpha value is -3.07. The lowest BCUT2D eigenvalue weighted by Gasteiger charge is -2.33. The van der Waals surface area contributed by atoms with E-state index in [1.54, 1.807) is 18.5 Å².